The van der Waals surface area contributed by atoms with Crippen LogP contribution < -0.4 is 15.4 Å². The molecule has 1 aliphatic heterocycles. The number of nitrogens with one attached hydrogen (secondary N) is 2. The lowest BCUT2D eigenvalue weighted by molar-refractivity contribution is 0.102. The summed E-state index contributed by atoms with van der Waals surface area (Å²) < 4.78 is 9.53. The molecular formula is C20H24N6O2. The van der Waals surface area contributed by atoms with Gasteiger partial charge in [0.2, 0.25) is 0 Å². The number of hydrogen-bond donors (Lipinski definition) is 2. The van der Waals surface area contributed by atoms with Gasteiger partial charge in [-0.25, -0.2) is 4.98 Å². The number of nitrogens with zero attached hydrogens (tertiary/aromatic N) is 4. The van der Waals surface area contributed by atoms with Crippen LogP contribution in [-0.4, -0.2) is 38.3 Å². The van der Waals surface area contributed by atoms with E-state index in [4.69, 9.17) is 4.74 Å². The van der Waals surface area contributed by atoms with Crippen molar-refractivity contribution in [1.82, 2.24) is 24.6 Å². The van der Waals surface area contributed by atoms with Gasteiger partial charge >= 0.3 is 0 Å². The van der Waals surface area contributed by atoms with Crippen molar-refractivity contribution in [1.29, 1.82) is 0 Å². The normalized spacial score (nSPS) is 16.7. The zero-order chi connectivity index (χ0) is 19.3. The zero-order valence-corrected chi connectivity index (χ0v) is 15.8. The van der Waals surface area contributed by atoms with E-state index in [1.165, 1.54) is 0 Å². The molecule has 8 nitrogen and oxygen atoms in total. The van der Waals surface area contributed by atoms with E-state index in [0.29, 0.717) is 24.0 Å². The molecule has 1 aromatic carbocycles. The summed E-state index contributed by atoms with van der Waals surface area (Å²) in [4.78, 5) is 16.7. The number of aryl methyl sites for hydroxylation is 1. The molecule has 1 atom stereocenters. The van der Waals surface area contributed by atoms with Crippen molar-refractivity contribution >= 4 is 11.6 Å². The molecule has 1 aliphatic rings. The number of carbonyl (C=O) groups excluding carboxylic acids is 1. The fourth-order valence-electron chi connectivity index (χ4n) is 3.23. The number of hydrogen-bond acceptors (Lipinski definition) is 5. The van der Waals surface area contributed by atoms with Gasteiger partial charge in [0, 0.05) is 37.9 Å². The van der Waals surface area contributed by atoms with E-state index >= 15 is 0 Å². The molecule has 1 fully saturated rings. The predicted octanol–water partition coefficient (Wildman–Crippen LogP) is 2.37. The highest BCUT2D eigenvalue weighted by atomic mass is 16.5. The fraction of sp³-hybridized carbons (Fsp3) is 0.350. The number of benzene rings is 1. The Bertz CT molecular complexity index is 924. The smallest absolute Gasteiger partial charge is 0.276 e. The number of imidazole rings is 1. The summed E-state index contributed by atoms with van der Waals surface area (Å²) >= 11 is 0. The second kappa shape index (κ2) is 8.26. The number of rotatable bonds is 6. The molecule has 2 aromatic heterocycles. The van der Waals surface area contributed by atoms with E-state index in [1.807, 2.05) is 53.0 Å². The lowest BCUT2D eigenvalue weighted by Gasteiger charge is -2.22. The molecule has 8 heteroatoms. The van der Waals surface area contributed by atoms with Crippen molar-refractivity contribution in [2.24, 2.45) is 7.05 Å². The second-order valence-corrected chi connectivity index (χ2v) is 6.90. The van der Waals surface area contributed by atoms with Crippen LogP contribution in [0.3, 0.4) is 0 Å². The van der Waals surface area contributed by atoms with Crippen LogP contribution in [0.4, 0.5) is 5.69 Å². The number of anilines is 1. The summed E-state index contributed by atoms with van der Waals surface area (Å²) in [5.41, 5.74) is 1.11. The largest absolute Gasteiger partial charge is 0.486 e. The van der Waals surface area contributed by atoms with Crippen molar-refractivity contribution in [3.05, 3.63) is 60.4 Å². The van der Waals surface area contributed by atoms with Gasteiger partial charge in [-0.1, -0.05) is 0 Å². The molecule has 0 saturated carbocycles. The lowest BCUT2D eigenvalue weighted by atomic mass is 10.1. The Morgan fingerprint density at radius 3 is 2.86 bits per heavy atom. The van der Waals surface area contributed by atoms with Crippen LogP contribution in [0.15, 0.2) is 48.9 Å². The fourth-order valence-corrected chi connectivity index (χ4v) is 3.23. The van der Waals surface area contributed by atoms with Crippen LogP contribution in [0.5, 0.6) is 5.75 Å². The minimum Gasteiger partial charge on any atom is -0.486 e. The third kappa shape index (κ3) is 4.23. The molecule has 0 bridgehead atoms. The van der Waals surface area contributed by atoms with E-state index in [-0.39, 0.29) is 5.91 Å². The lowest BCUT2D eigenvalue weighted by Crippen LogP contribution is -2.32. The maximum Gasteiger partial charge on any atom is 0.276 e. The Balaban J connectivity index is 1.33. The van der Waals surface area contributed by atoms with Crippen LogP contribution in [0.2, 0.25) is 0 Å². The predicted molar refractivity (Wildman–Crippen MR) is 105 cm³/mol. The monoisotopic (exact) mass is 380 g/mol. The number of carbonyl (C=O) groups is 1. The van der Waals surface area contributed by atoms with Crippen molar-refractivity contribution in [3.8, 4) is 5.75 Å². The maximum atomic E-state index is 12.5. The molecule has 3 heterocycles. The van der Waals surface area contributed by atoms with Gasteiger partial charge < -0.3 is 19.9 Å². The molecule has 146 valence electrons. The summed E-state index contributed by atoms with van der Waals surface area (Å²) in [6, 6.07) is 9.34. The van der Waals surface area contributed by atoms with Crippen LogP contribution >= 0.6 is 0 Å². The number of piperidine rings is 1. The van der Waals surface area contributed by atoms with Gasteiger partial charge in [0.25, 0.3) is 5.91 Å². The van der Waals surface area contributed by atoms with E-state index in [9.17, 15) is 4.79 Å². The van der Waals surface area contributed by atoms with E-state index in [0.717, 1.165) is 37.5 Å². The molecule has 1 saturated heterocycles. The first-order valence-corrected chi connectivity index (χ1v) is 9.45. The van der Waals surface area contributed by atoms with Crippen LogP contribution in [0.25, 0.3) is 0 Å². The third-order valence-corrected chi connectivity index (χ3v) is 4.89. The molecule has 4 rings (SSSR count). The van der Waals surface area contributed by atoms with Gasteiger partial charge in [0.15, 0.2) is 5.69 Å². The molecule has 0 aliphatic carbocycles. The SMILES string of the molecule is Cn1ccnc1COc1ccc(NC(=O)c2ccn(C3CCCNC3)n2)cc1. The zero-order valence-electron chi connectivity index (χ0n) is 15.8. The maximum absolute atomic E-state index is 12.5. The topological polar surface area (TPSA) is 86.0 Å². The summed E-state index contributed by atoms with van der Waals surface area (Å²) in [6.45, 7) is 2.33. The summed E-state index contributed by atoms with van der Waals surface area (Å²) in [6.07, 6.45) is 7.70. The quantitative estimate of drug-likeness (QED) is 0.686. The Kier molecular flexibility index (Phi) is 5.38. The molecule has 28 heavy (non-hydrogen) atoms. The van der Waals surface area contributed by atoms with Crippen molar-refractivity contribution in [2.45, 2.75) is 25.5 Å². The third-order valence-electron chi connectivity index (χ3n) is 4.89. The highest BCUT2D eigenvalue weighted by Crippen LogP contribution is 2.19. The highest BCUT2D eigenvalue weighted by Gasteiger charge is 2.17. The van der Waals surface area contributed by atoms with Gasteiger partial charge in [-0.2, -0.15) is 5.10 Å². The number of amides is 1. The Morgan fingerprint density at radius 2 is 2.14 bits per heavy atom. The van der Waals surface area contributed by atoms with Gasteiger partial charge in [-0.3, -0.25) is 9.48 Å². The van der Waals surface area contributed by atoms with Crippen LogP contribution in [0.1, 0.15) is 35.2 Å². The minimum atomic E-state index is -0.218. The van der Waals surface area contributed by atoms with Crippen molar-refractivity contribution < 1.29 is 9.53 Å². The van der Waals surface area contributed by atoms with E-state index in [1.54, 1.807) is 12.3 Å². The highest BCUT2D eigenvalue weighted by molar-refractivity contribution is 6.02. The standard InChI is InChI=1S/C20H24N6O2/c1-25-12-10-22-19(25)14-28-17-6-4-15(5-7-17)23-20(27)18-8-11-26(24-18)16-3-2-9-21-13-16/h4-8,10-12,16,21H,2-3,9,13-14H2,1H3,(H,23,27). The van der Waals surface area contributed by atoms with Crippen LogP contribution in [-0.2, 0) is 13.7 Å². The molecule has 0 spiro atoms. The first-order chi connectivity index (χ1) is 13.7. The Labute approximate surface area is 163 Å². The van der Waals surface area contributed by atoms with Gasteiger partial charge in [-0.15, -0.1) is 0 Å². The van der Waals surface area contributed by atoms with Gasteiger partial charge in [0.05, 0.1) is 6.04 Å². The summed E-state index contributed by atoms with van der Waals surface area (Å²) in [7, 11) is 1.93. The first kappa shape index (κ1) is 18.2. The van der Waals surface area contributed by atoms with E-state index < -0.39 is 0 Å². The molecule has 2 N–H and O–H groups in total. The molecule has 1 unspecified atom stereocenters. The van der Waals surface area contributed by atoms with Gasteiger partial charge in [-0.05, 0) is 49.7 Å². The molecular weight excluding hydrogens is 356 g/mol. The second-order valence-electron chi connectivity index (χ2n) is 6.90. The van der Waals surface area contributed by atoms with Crippen LogP contribution in [0, 0.1) is 0 Å². The Hall–Kier alpha value is -3.13. The van der Waals surface area contributed by atoms with Crippen molar-refractivity contribution in [2.75, 3.05) is 18.4 Å². The number of aromatic nitrogens is 4. The summed E-state index contributed by atoms with van der Waals surface area (Å²) in [5, 5.41) is 10.7. The average molecular weight is 380 g/mol. The number of ether oxygens (including phenoxy) is 1. The first-order valence-electron chi connectivity index (χ1n) is 9.45. The van der Waals surface area contributed by atoms with Crippen molar-refractivity contribution in [3.63, 3.8) is 0 Å². The van der Waals surface area contributed by atoms with E-state index in [2.05, 4.69) is 20.7 Å². The molecule has 1 amide bonds. The van der Waals surface area contributed by atoms with Gasteiger partial charge in [0.1, 0.15) is 18.2 Å². The molecule has 0 radical (unpaired) electrons. The average Bonchev–Trinajstić information content (AvgIpc) is 3.37. The minimum absolute atomic E-state index is 0.218. The molecule has 3 aromatic rings. The Morgan fingerprint density at radius 1 is 1.29 bits per heavy atom. The summed E-state index contributed by atoms with van der Waals surface area (Å²) in [5.74, 6) is 1.35.